The van der Waals surface area contributed by atoms with Gasteiger partial charge in [0.05, 0.1) is 26.4 Å². The van der Waals surface area contributed by atoms with Crippen LogP contribution in [0.15, 0.2) is 4.99 Å². The molecule has 25 heavy (non-hydrogen) atoms. The van der Waals surface area contributed by atoms with Crippen LogP contribution in [0.4, 0.5) is 0 Å². The molecule has 7 heteroatoms. The van der Waals surface area contributed by atoms with E-state index < -0.39 is 0 Å². The minimum Gasteiger partial charge on any atom is -0.381 e. The predicted molar refractivity (Wildman–Crippen MR) is 112 cm³/mol. The van der Waals surface area contributed by atoms with Gasteiger partial charge in [0.2, 0.25) is 0 Å². The molecule has 3 rings (SSSR count). The van der Waals surface area contributed by atoms with E-state index in [4.69, 9.17) is 14.5 Å². The molecule has 0 radical (unpaired) electrons. The average Bonchev–Trinajstić information content (AvgIpc) is 3.23. The van der Waals surface area contributed by atoms with Gasteiger partial charge >= 0.3 is 0 Å². The van der Waals surface area contributed by atoms with E-state index >= 15 is 0 Å². The normalized spacial score (nSPS) is 28.4. The highest BCUT2D eigenvalue weighted by atomic mass is 127. The molecule has 1 atom stereocenters. The molecule has 6 nitrogen and oxygen atoms in total. The lowest BCUT2D eigenvalue weighted by molar-refractivity contribution is -0.00689. The van der Waals surface area contributed by atoms with Crippen molar-refractivity contribution in [3.8, 4) is 0 Å². The average molecular weight is 466 g/mol. The summed E-state index contributed by atoms with van der Waals surface area (Å²) in [5.74, 6) is 1.07. The quantitative estimate of drug-likeness (QED) is 0.389. The number of morpholine rings is 1. The third kappa shape index (κ3) is 5.20. The minimum absolute atomic E-state index is 0. The molecule has 1 spiro atoms. The van der Waals surface area contributed by atoms with Gasteiger partial charge in [-0.1, -0.05) is 0 Å². The van der Waals surface area contributed by atoms with Crippen molar-refractivity contribution in [2.75, 3.05) is 65.7 Å². The molecule has 146 valence electrons. The summed E-state index contributed by atoms with van der Waals surface area (Å²) >= 11 is 0. The van der Waals surface area contributed by atoms with Gasteiger partial charge in [0.25, 0.3) is 0 Å². The Hall–Kier alpha value is -0.120. The van der Waals surface area contributed by atoms with Crippen molar-refractivity contribution < 1.29 is 9.47 Å². The van der Waals surface area contributed by atoms with Crippen molar-refractivity contribution in [1.29, 1.82) is 0 Å². The lowest BCUT2D eigenvalue weighted by Gasteiger charge is -2.40. The molecule has 0 aromatic rings. The first kappa shape index (κ1) is 21.2. The molecular formula is C18H35IN4O2. The highest BCUT2D eigenvalue weighted by Crippen LogP contribution is 2.38. The molecule has 0 bridgehead atoms. The van der Waals surface area contributed by atoms with Crippen LogP contribution in [0.2, 0.25) is 0 Å². The predicted octanol–water partition coefficient (Wildman–Crippen LogP) is 1.79. The third-order valence-corrected chi connectivity index (χ3v) is 5.74. The van der Waals surface area contributed by atoms with E-state index in [2.05, 4.69) is 35.9 Å². The van der Waals surface area contributed by atoms with Gasteiger partial charge in [-0.25, -0.2) is 0 Å². The van der Waals surface area contributed by atoms with Crippen LogP contribution in [-0.2, 0) is 9.47 Å². The van der Waals surface area contributed by atoms with Crippen molar-refractivity contribution in [2.24, 2.45) is 10.4 Å². The Morgan fingerprint density at radius 3 is 2.52 bits per heavy atom. The van der Waals surface area contributed by atoms with Gasteiger partial charge in [-0.2, -0.15) is 0 Å². The van der Waals surface area contributed by atoms with Crippen LogP contribution in [0, 0.1) is 5.41 Å². The summed E-state index contributed by atoms with van der Waals surface area (Å²) in [6.45, 7) is 16.1. The molecule has 0 amide bonds. The van der Waals surface area contributed by atoms with Gasteiger partial charge in [0, 0.05) is 50.3 Å². The molecule has 0 aromatic carbocycles. The molecule has 1 N–H and O–H groups in total. The molecule has 3 heterocycles. The molecule has 3 aliphatic heterocycles. The van der Waals surface area contributed by atoms with E-state index in [1.165, 1.54) is 12.8 Å². The monoisotopic (exact) mass is 466 g/mol. The fourth-order valence-corrected chi connectivity index (χ4v) is 4.05. The number of halogens is 1. The standard InChI is InChI=1S/C18H34N4O2.HI/c1-4-19-16(21-7-5-18(14-21)6-10-24-15-18)20-13-17(2,3)22-8-11-23-12-9-22;/h4-15H2,1-3H3,(H,19,20);1H. The number of nitrogens with one attached hydrogen (secondary N) is 1. The Bertz CT molecular complexity index is 446. The number of hydrogen-bond donors (Lipinski definition) is 1. The van der Waals surface area contributed by atoms with E-state index in [9.17, 15) is 0 Å². The molecule has 3 aliphatic rings. The molecule has 1 unspecified atom stereocenters. The molecule has 3 saturated heterocycles. The number of aliphatic imine (C=N–C) groups is 1. The van der Waals surface area contributed by atoms with Crippen LogP contribution in [0.25, 0.3) is 0 Å². The first-order valence-electron chi connectivity index (χ1n) is 9.49. The van der Waals surface area contributed by atoms with Gasteiger partial charge in [-0.15, -0.1) is 24.0 Å². The van der Waals surface area contributed by atoms with Gasteiger partial charge in [-0.3, -0.25) is 9.89 Å². The van der Waals surface area contributed by atoms with E-state index in [0.29, 0.717) is 5.41 Å². The second-order valence-corrected chi connectivity index (χ2v) is 8.06. The Balaban J connectivity index is 0.00000225. The molecule has 0 aliphatic carbocycles. The number of guanidine groups is 1. The minimum atomic E-state index is 0. The summed E-state index contributed by atoms with van der Waals surface area (Å²) in [4.78, 5) is 9.94. The molecule has 0 saturated carbocycles. The topological polar surface area (TPSA) is 49.3 Å². The smallest absolute Gasteiger partial charge is 0.194 e. The Kier molecular flexibility index (Phi) is 7.79. The Labute approximate surface area is 169 Å². The van der Waals surface area contributed by atoms with Gasteiger partial charge in [0.15, 0.2) is 5.96 Å². The van der Waals surface area contributed by atoms with E-state index in [1.807, 2.05) is 0 Å². The van der Waals surface area contributed by atoms with Crippen LogP contribution in [0.3, 0.4) is 0 Å². The van der Waals surface area contributed by atoms with Crippen LogP contribution in [-0.4, -0.2) is 87.0 Å². The lowest BCUT2D eigenvalue weighted by atomic mass is 9.87. The van der Waals surface area contributed by atoms with Crippen molar-refractivity contribution in [2.45, 2.75) is 39.2 Å². The number of nitrogens with zero attached hydrogens (tertiary/aromatic N) is 3. The van der Waals surface area contributed by atoms with Crippen LogP contribution >= 0.6 is 24.0 Å². The number of rotatable bonds is 4. The maximum Gasteiger partial charge on any atom is 0.194 e. The molecular weight excluding hydrogens is 431 g/mol. The van der Waals surface area contributed by atoms with Crippen molar-refractivity contribution >= 4 is 29.9 Å². The second-order valence-electron chi connectivity index (χ2n) is 8.06. The zero-order valence-corrected chi connectivity index (χ0v) is 18.4. The van der Waals surface area contributed by atoms with Crippen LogP contribution < -0.4 is 5.32 Å². The summed E-state index contributed by atoms with van der Waals surface area (Å²) in [5.41, 5.74) is 0.439. The maximum atomic E-state index is 5.66. The lowest BCUT2D eigenvalue weighted by Crippen LogP contribution is -2.52. The first-order chi connectivity index (χ1) is 11.5. The molecule has 3 fully saturated rings. The fourth-order valence-electron chi connectivity index (χ4n) is 4.05. The number of likely N-dealkylation sites (tertiary alicyclic amines) is 1. The SMILES string of the molecule is CCNC(=NCC(C)(C)N1CCOCC1)N1CCC2(CCOC2)C1.I. The highest BCUT2D eigenvalue weighted by Gasteiger charge is 2.42. The van der Waals surface area contributed by atoms with E-state index in [1.54, 1.807) is 0 Å². The molecule has 0 aromatic heterocycles. The van der Waals surface area contributed by atoms with Crippen molar-refractivity contribution in [3.63, 3.8) is 0 Å². The zero-order chi connectivity index (χ0) is 17.0. The summed E-state index contributed by atoms with van der Waals surface area (Å²) in [7, 11) is 0. The second kappa shape index (κ2) is 9.19. The van der Waals surface area contributed by atoms with E-state index in [0.717, 1.165) is 71.7 Å². The van der Waals surface area contributed by atoms with Gasteiger partial charge in [0.1, 0.15) is 0 Å². The maximum absolute atomic E-state index is 5.66. The summed E-state index contributed by atoms with van der Waals surface area (Å²) < 4.78 is 11.1. The number of hydrogen-bond acceptors (Lipinski definition) is 4. The first-order valence-corrected chi connectivity index (χ1v) is 9.49. The van der Waals surface area contributed by atoms with Crippen molar-refractivity contribution in [3.05, 3.63) is 0 Å². The van der Waals surface area contributed by atoms with Crippen LogP contribution in [0.5, 0.6) is 0 Å². The van der Waals surface area contributed by atoms with E-state index in [-0.39, 0.29) is 29.5 Å². The van der Waals surface area contributed by atoms with Crippen molar-refractivity contribution in [1.82, 2.24) is 15.1 Å². The largest absolute Gasteiger partial charge is 0.381 e. The third-order valence-electron chi connectivity index (χ3n) is 5.74. The summed E-state index contributed by atoms with van der Waals surface area (Å²) in [6, 6.07) is 0. The Morgan fingerprint density at radius 2 is 1.88 bits per heavy atom. The van der Waals surface area contributed by atoms with Gasteiger partial charge < -0.3 is 19.7 Å². The Morgan fingerprint density at radius 1 is 1.12 bits per heavy atom. The number of ether oxygens (including phenoxy) is 2. The van der Waals surface area contributed by atoms with Gasteiger partial charge in [-0.05, 0) is 33.6 Å². The summed E-state index contributed by atoms with van der Waals surface area (Å²) in [5, 5.41) is 3.50. The zero-order valence-electron chi connectivity index (χ0n) is 16.1. The fraction of sp³-hybridized carbons (Fsp3) is 0.944. The van der Waals surface area contributed by atoms with Crippen LogP contribution in [0.1, 0.15) is 33.6 Å². The highest BCUT2D eigenvalue weighted by molar-refractivity contribution is 14.0. The summed E-state index contributed by atoms with van der Waals surface area (Å²) in [6.07, 6.45) is 2.42.